The molecule has 5 heteroatoms. The molecule has 2 rings (SSSR count). The first kappa shape index (κ1) is 13.3. The van der Waals surface area contributed by atoms with Gasteiger partial charge in [-0.25, -0.2) is 4.79 Å². The molecule has 1 aliphatic heterocycles. The molecule has 2 heterocycles. The Balaban J connectivity index is 2.59. The predicted molar refractivity (Wildman–Crippen MR) is 71.0 cm³/mol. The Bertz CT molecular complexity index is 577. The van der Waals surface area contributed by atoms with Gasteiger partial charge in [0.25, 0.3) is 0 Å². The van der Waals surface area contributed by atoms with E-state index >= 15 is 0 Å². The number of aliphatic carboxylic acids is 1. The first-order valence-electron chi connectivity index (χ1n) is 6.29. The van der Waals surface area contributed by atoms with Gasteiger partial charge in [0, 0.05) is 12.2 Å². The summed E-state index contributed by atoms with van der Waals surface area (Å²) >= 11 is 0. The van der Waals surface area contributed by atoms with Gasteiger partial charge in [-0.15, -0.1) is 0 Å². The molecule has 0 radical (unpaired) electrons. The summed E-state index contributed by atoms with van der Waals surface area (Å²) < 4.78 is 0. The van der Waals surface area contributed by atoms with Gasteiger partial charge in [-0.1, -0.05) is 0 Å². The summed E-state index contributed by atoms with van der Waals surface area (Å²) in [5.41, 5.74) is 1.67. The number of aromatic nitrogens is 1. The summed E-state index contributed by atoms with van der Waals surface area (Å²) in [6.45, 7) is 6.00. The van der Waals surface area contributed by atoms with Crippen molar-refractivity contribution in [1.82, 2.24) is 4.98 Å². The molecule has 0 bridgehead atoms. The van der Waals surface area contributed by atoms with Gasteiger partial charge >= 0.3 is 5.97 Å². The number of pyridine rings is 1. The summed E-state index contributed by atoms with van der Waals surface area (Å²) in [6.07, 6.45) is 1.40. The average molecular weight is 259 g/mol. The van der Waals surface area contributed by atoms with Crippen LogP contribution in [0.1, 0.15) is 36.7 Å². The van der Waals surface area contributed by atoms with Crippen LogP contribution in [0.5, 0.6) is 0 Å². The van der Waals surface area contributed by atoms with E-state index in [1.165, 1.54) is 0 Å². The van der Waals surface area contributed by atoms with E-state index in [9.17, 15) is 15.2 Å². The van der Waals surface area contributed by atoms with Crippen LogP contribution in [0, 0.1) is 25.2 Å². The molecule has 1 N–H and O–H groups in total. The molecule has 1 aromatic heterocycles. The minimum Gasteiger partial charge on any atom is -0.480 e. The second-order valence-electron chi connectivity index (χ2n) is 5.19. The molecule has 1 aliphatic rings. The van der Waals surface area contributed by atoms with Crippen LogP contribution >= 0.6 is 0 Å². The molecule has 19 heavy (non-hydrogen) atoms. The highest BCUT2D eigenvalue weighted by Gasteiger charge is 2.44. The number of carboxylic acids is 1. The predicted octanol–water partition coefficient (Wildman–Crippen LogP) is 2.01. The van der Waals surface area contributed by atoms with Crippen molar-refractivity contribution in [3.05, 3.63) is 23.0 Å². The van der Waals surface area contributed by atoms with E-state index in [4.69, 9.17) is 0 Å². The molecule has 5 nitrogen and oxygen atoms in total. The van der Waals surface area contributed by atoms with E-state index in [1.807, 2.05) is 11.8 Å². The van der Waals surface area contributed by atoms with Crippen molar-refractivity contribution in [1.29, 1.82) is 5.26 Å². The Morgan fingerprint density at radius 1 is 1.58 bits per heavy atom. The summed E-state index contributed by atoms with van der Waals surface area (Å²) in [4.78, 5) is 17.6. The molecular weight excluding hydrogens is 242 g/mol. The van der Waals surface area contributed by atoms with Gasteiger partial charge < -0.3 is 10.0 Å². The van der Waals surface area contributed by atoms with E-state index < -0.39 is 11.5 Å². The van der Waals surface area contributed by atoms with Crippen molar-refractivity contribution < 1.29 is 9.90 Å². The third-order valence-corrected chi connectivity index (χ3v) is 3.81. The molecule has 0 spiro atoms. The van der Waals surface area contributed by atoms with Gasteiger partial charge in [0.05, 0.1) is 16.9 Å². The standard InChI is InChI=1S/C14H17N3O2/c1-9-7-12(11(8-15)10(2)16-9)17-6-4-5-14(17,3)13(18)19/h7H,4-6H2,1-3H3,(H,18,19). The zero-order valence-electron chi connectivity index (χ0n) is 11.4. The van der Waals surface area contributed by atoms with Gasteiger partial charge in [0.1, 0.15) is 11.6 Å². The Kier molecular flexibility index (Phi) is 3.19. The zero-order valence-corrected chi connectivity index (χ0v) is 11.4. The van der Waals surface area contributed by atoms with Crippen LogP contribution < -0.4 is 4.90 Å². The van der Waals surface area contributed by atoms with Gasteiger partial charge in [-0.3, -0.25) is 4.98 Å². The van der Waals surface area contributed by atoms with Crippen molar-refractivity contribution >= 4 is 11.7 Å². The zero-order chi connectivity index (χ0) is 14.2. The molecule has 100 valence electrons. The highest BCUT2D eigenvalue weighted by atomic mass is 16.4. The van der Waals surface area contributed by atoms with Gasteiger partial charge in [-0.05, 0) is 39.7 Å². The Morgan fingerprint density at radius 2 is 2.26 bits per heavy atom. The number of hydrogen-bond donors (Lipinski definition) is 1. The number of carboxylic acid groups (broad SMARTS) is 1. The monoisotopic (exact) mass is 259 g/mol. The van der Waals surface area contributed by atoms with Crippen LogP contribution in [0.25, 0.3) is 0 Å². The number of nitrogens with zero attached hydrogens (tertiary/aromatic N) is 3. The minimum atomic E-state index is -0.939. The van der Waals surface area contributed by atoms with Crippen molar-refractivity contribution in [2.75, 3.05) is 11.4 Å². The molecule has 1 fully saturated rings. The van der Waals surface area contributed by atoms with E-state index in [0.29, 0.717) is 29.9 Å². The summed E-state index contributed by atoms with van der Waals surface area (Å²) in [5.74, 6) is -0.846. The van der Waals surface area contributed by atoms with E-state index in [2.05, 4.69) is 11.1 Å². The Hall–Kier alpha value is -2.09. The lowest BCUT2D eigenvalue weighted by molar-refractivity contribution is -0.142. The molecule has 1 aromatic rings. The van der Waals surface area contributed by atoms with Crippen molar-refractivity contribution in [2.24, 2.45) is 0 Å². The lowest BCUT2D eigenvalue weighted by atomic mass is 9.97. The van der Waals surface area contributed by atoms with Crippen molar-refractivity contribution in [2.45, 2.75) is 39.2 Å². The molecule has 0 aromatic carbocycles. The van der Waals surface area contributed by atoms with Crippen LogP contribution in [-0.4, -0.2) is 28.1 Å². The third-order valence-electron chi connectivity index (χ3n) is 3.81. The molecule has 1 unspecified atom stereocenters. The van der Waals surface area contributed by atoms with Crippen LogP contribution in [0.2, 0.25) is 0 Å². The van der Waals surface area contributed by atoms with Crippen LogP contribution in [-0.2, 0) is 4.79 Å². The number of nitriles is 1. The summed E-state index contributed by atoms with van der Waals surface area (Å²) in [5, 5.41) is 18.8. The quantitative estimate of drug-likeness (QED) is 0.879. The highest BCUT2D eigenvalue weighted by molar-refractivity contribution is 5.85. The normalized spacial score (nSPS) is 22.3. The molecule has 0 amide bonds. The van der Waals surface area contributed by atoms with Crippen LogP contribution in [0.15, 0.2) is 6.07 Å². The molecule has 1 atom stereocenters. The number of anilines is 1. The third kappa shape index (κ3) is 2.03. The number of carbonyl (C=O) groups is 1. The largest absolute Gasteiger partial charge is 0.480 e. The van der Waals surface area contributed by atoms with Crippen LogP contribution in [0.3, 0.4) is 0 Å². The molecular formula is C14H17N3O2. The Morgan fingerprint density at radius 3 is 2.84 bits per heavy atom. The number of hydrogen-bond acceptors (Lipinski definition) is 4. The fourth-order valence-electron chi connectivity index (χ4n) is 2.73. The fraction of sp³-hybridized carbons (Fsp3) is 0.500. The lowest BCUT2D eigenvalue weighted by Gasteiger charge is -2.34. The first-order valence-corrected chi connectivity index (χ1v) is 6.29. The van der Waals surface area contributed by atoms with Gasteiger partial charge in [0.2, 0.25) is 0 Å². The summed E-state index contributed by atoms with van der Waals surface area (Å²) in [7, 11) is 0. The molecule has 0 aliphatic carbocycles. The molecule has 0 saturated carbocycles. The summed E-state index contributed by atoms with van der Waals surface area (Å²) in [6, 6.07) is 3.95. The maximum absolute atomic E-state index is 11.5. The minimum absolute atomic E-state index is 0.472. The topological polar surface area (TPSA) is 77.2 Å². The maximum Gasteiger partial charge on any atom is 0.329 e. The second kappa shape index (κ2) is 4.54. The second-order valence-corrected chi connectivity index (χ2v) is 5.19. The SMILES string of the molecule is Cc1cc(N2CCCC2(C)C(=O)O)c(C#N)c(C)n1. The van der Waals surface area contributed by atoms with E-state index in [1.54, 1.807) is 19.9 Å². The van der Waals surface area contributed by atoms with Crippen molar-refractivity contribution in [3.8, 4) is 6.07 Å². The van der Waals surface area contributed by atoms with E-state index in [0.717, 1.165) is 12.1 Å². The number of aryl methyl sites for hydroxylation is 2. The Labute approximate surface area is 112 Å². The van der Waals surface area contributed by atoms with Crippen LogP contribution in [0.4, 0.5) is 5.69 Å². The van der Waals surface area contributed by atoms with Gasteiger partial charge in [-0.2, -0.15) is 5.26 Å². The fourth-order valence-corrected chi connectivity index (χ4v) is 2.73. The smallest absolute Gasteiger partial charge is 0.329 e. The van der Waals surface area contributed by atoms with Crippen molar-refractivity contribution in [3.63, 3.8) is 0 Å². The maximum atomic E-state index is 11.5. The first-order chi connectivity index (χ1) is 8.90. The highest BCUT2D eigenvalue weighted by Crippen LogP contribution is 2.36. The van der Waals surface area contributed by atoms with Gasteiger partial charge in [0.15, 0.2) is 0 Å². The lowest BCUT2D eigenvalue weighted by Crippen LogP contribution is -2.48. The molecule has 1 saturated heterocycles. The number of rotatable bonds is 2. The average Bonchev–Trinajstić information content (AvgIpc) is 2.71. The van der Waals surface area contributed by atoms with E-state index in [-0.39, 0.29) is 0 Å².